The second-order valence-electron chi connectivity index (χ2n) is 3.95. The molecule has 102 valence electrons. The van der Waals surface area contributed by atoms with Crippen molar-refractivity contribution in [3.8, 4) is 0 Å². The van der Waals surface area contributed by atoms with Gasteiger partial charge < -0.3 is 20.5 Å². The third-order valence-corrected chi connectivity index (χ3v) is 2.49. The van der Waals surface area contributed by atoms with Crippen molar-refractivity contribution in [3.05, 3.63) is 0 Å². The average Bonchev–Trinajstić information content (AvgIpc) is 2.76. The van der Waals surface area contributed by atoms with Gasteiger partial charge in [0, 0.05) is 32.7 Å². The summed E-state index contributed by atoms with van der Waals surface area (Å²) in [5, 5.41) is 2.78. The molecule has 17 heavy (non-hydrogen) atoms. The number of hydrogen-bond donors (Lipinski definition) is 2. The van der Waals surface area contributed by atoms with Crippen LogP contribution in [0.5, 0.6) is 0 Å². The van der Waals surface area contributed by atoms with Crippen LogP contribution in [0.1, 0.15) is 25.7 Å². The Morgan fingerprint density at radius 3 is 3.00 bits per heavy atom. The Hall–Kier alpha value is -0.360. The maximum atomic E-state index is 11.0. The minimum absolute atomic E-state index is 0. The van der Waals surface area contributed by atoms with E-state index in [1.165, 1.54) is 0 Å². The minimum atomic E-state index is 0. The molecule has 1 amide bonds. The molecule has 1 atom stereocenters. The van der Waals surface area contributed by atoms with Gasteiger partial charge in [0.05, 0.1) is 12.7 Å². The molecule has 1 saturated heterocycles. The van der Waals surface area contributed by atoms with Gasteiger partial charge >= 0.3 is 0 Å². The van der Waals surface area contributed by atoms with Crippen LogP contribution in [0, 0.1) is 0 Å². The van der Waals surface area contributed by atoms with Gasteiger partial charge in [-0.2, -0.15) is 0 Å². The van der Waals surface area contributed by atoms with Crippen LogP contribution in [0.2, 0.25) is 0 Å². The van der Waals surface area contributed by atoms with Gasteiger partial charge in [0.1, 0.15) is 0 Å². The Morgan fingerprint density at radius 1 is 1.53 bits per heavy atom. The Labute approximate surface area is 109 Å². The smallest absolute Gasteiger partial charge is 0.221 e. The molecule has 0 aromatic carbocycles. The first-order chi connectivity index (χ1) is 7.83. The van der Waals surface area contributed by atoms with Gasteiger partial charge in [0.15, 0.2) is 0 Å². The number of carbonyl (C=O) groups excluding carboxylic acids is 1. The normalized spacial score (nSPS) is 18.8. The van der Waals surface area contributed by atoms with Gasteiger partial charge in [0.2, 0.25) is 5.91 Å². The van der Waals surface area contributed by atoms with E-state index in [1.54, 1.807) is 0 Å². The van der Waals surface area contributed by atoms with E-state index in [2.05, 4.69) is 5.32 Å². The van der Waals surface area contributed by atoms with E-state index >= 15 is 0 Å². The van der Waals surface area contributed by atoms with Crippen molar-refractivity contribution < 1.29 is 14.3 Å². The third-order valence-electron chi connectivity index (χ3n) is 2.49. The molecule has 3 N–H and O–H groups in total. The highest BCUT2D eigenvalue weighted by Crippen LogP contribution is 2.11. The topological polar surface area (TPSA) is 73.6 Å². The standard InChI is InChI=1S/C11H22N2O3.ClH/c12-5-4-11(14)13-6-2-7-15-9-10-3-1-8-16-10;/h10H,1-9,12H2,(H,13,14);1H. The number of amides is 1. The van der Waals surface area contributed by atoms with E-state index in [9.17, 15) is 4.79 Å². The molecular weight excluding hydrogens is 244 g/mol. The molecule has 0 radical (unpaired) electrons. The number of nitrogens with two attached hydrogens (primary N) is 1. The molecule has 1 fully saturated rings. The summed E-state index contributed by atoms with van der Waals surface area (Å²) in [6, 6.07) is 0. The predicted molar refractivity (Wildman–Crippen MR) is 68.3 cm³/mol. The van der Waals surface area contributed by atoms with E-state index in [-0.39, 0.29) is 24.4 Å². The van der Waals surface area contributed by atoms with Crippen LogP contribution in [-0.2, 0) is 14.3 Å². The quantitative estimate of drug-likeness (QED) is 0.626. The Kier molecular flexibility index (Phi) is 10.5. The second kappa shape index (κ2) is 10.8. The van der Waals surface area contributed by atoms with Crippen molar-refractivity contribution in [2.75, 3.05) is 32.9 Å². The van der Waals surface area contributed by atoms with E-state index < -0.39 is 0 Å². The molecular formula is C11H23ClN2O3. The minimum Gasteiger partial charge on any atom is -0.379 e. The van der Waals surface area contributed by atoms with Crippen molar-refractivity contribution in [3.63, 3.8) is 0 Å². The van der Waals surface area contributed by atoms with Crippen LogP contribution < -0.4 is 11.1 Å². The van der Waals surface area contributed by atoms with Crippen LogP contribution in [0.4, 0.5) is 0 Å². The van der Waals surface area contributed by atoms with Crippen LogP contribution in [0.3, 0.4) is 0 Å². The molecule has 1 aliphatic rings. The summed E-state index contributed by atoms with van der Waals surface area (Å²) in [4.78, 5) is 11.0. The summed E-state index contributed by atoms with van der Waals surface area (Å²) < 4.78 is 10.9. The molecule has 0 aromatic heterocycles. The molecule has 0 saturated carbocycles. The van der Waals surface area contributed by atoms with Gasteiger partial charge in [-0.25, -0.2) is 0 Å². The van der Waals surface area contributed by atoms with E-state index in [0.717, 1.165) is 25.9 Å². The summed E-state index contributed by atoms with van der Waals surface area (Å²) >= 11 is 0. The molecule has 1 unspecified atom stereocenters. The maximum absolute atomic E-state index is 11.0. The number of halogens is 1. The van der Waals surface area contributed by atoms with Crippen molar-refractivity contribution >= 4 is 18.3 Å². The molecule has 0 spiro atoms. The monoisotopic (exact) mass is 266 g/mol. The number of carbonyl (C=O) groups is 1. The summed E-state index contributed by atoms with van der Waals surface area (Å²) in [5.74, 6) is 0.0154. The van der Waals surface area contributed by atoms with Crippen LogP contribution >= 0.6 is 12.4 Å². The fraction of sp³-hybridized carbons (Fsp3) is 0.909. The number of hydrogen-bond acceptors (Lipinski definition) is 4. The van der Waals surface area contributed by atoms with Gasteiger partial charge in [-0.3, -0.25) is 4.79 Å². The average molecular weight is 267 g/mol. The highest BCUT2D eigenvalue weighted by Gasteiger charge is 2.14. The molecule has 5 nitrogen and oxygen atoms in total. The van der Waals surface area contributed by atoms with Crippen molar-refractivity contribution in [2.45, 2.75) is 31.8 Å². The lowest BCUT2D eigenvalue weighted by molar-refractivity contribution is -0.120. The molecule has 6 heteroatoms. The zero-order valence-electron chi connectivity index (χ0n) is 10.2. The molecule has 1 rings (SSSR count). The van der Waals surface area contributed by atoms with Crippen molar-refractivity contribution in [2.24, 2.45) is 5.73 Å². The fourth-order valence-electron chi connectivity index (χ4n) is 1.61. The lowest BCUT2D eigenvalue weighted by Crippen LogP contribution is -2.27. The van der Waals surface area contributed by atoms with Crippen LogP contribution in [-0.4, -0.2) is 44.9 Å². The summed E-state index contributed by atoms with van der Waals surface area (Å²) in [5.41, 5.74) is 5.25. The molecule has 0 aromatic rings. The third kappa shape index (κ3) is 8.37. The lowest BCUT2D eigenvalue weighted by Gasteiger charge is -2.10. The zero-order valence-corrected chi connectivity index (χ0v) is 11.0. The first kappa shape index (κ1) is 16.6. The van der Waals surface area contributed by atoms with Crippen molar-refractivity contribution in [1.29, 1.82) is 0 Å². The molecule has 1 aliphatic heterocycles. The van der Waals surface area contributed by atoms with Crippen LogP contribution in [0.15, 0.2) is 0 Å². The van der Waals surface area contributed by atoms with E-state index in [4.69, 9.17) is 15.2 Å². The Morgan fingerprint density at radius 2 is 2.35 bits per heavy atom. The number of rotatable bonds is 8. The SMILES string of the molecule is Cl.NCCC(=O)NCCCOCC1CCCO1. The van der Waals surface area contributed by atoms with Crippen molar-refractivity contribution in [1.82, 2.24) is 5.32 Å². The van der Waals surface area contributed by atoms with E-state index in [0.29, 0.717) is 32.7 Å². The van der Waals surface area contributed by atoms with Gasteiger partial charge in [-0.05, 0) is 19.3 Å². The maximum Gasteiger partial charge on any atom is 0.221 e. The van der Waals surface area contributed by atoms with E-state index in [1.807, 2.05) is 0 Å². The molecule has 1 heterocycles. The highest BCUT2D eigenvalue weighted by molar-refractivity contribution is 5.85. The first-order valence-corrected chi connectivity index (χ1v) is 5.99. The highest BCUT2D eigenvalue weighted by atomic mass is 35.5. The Bertz CT molecular complexity index is 199. The lowest BCUT2D eigenvalue weighted by atomic mass is 10.2. The second-order valence-corrected chi connectivity index (χ2v) is 3.95. The largest absolute Gasteiger partial charge is 0.379 e. The molecule has 0 bridgehead atoms. The zero-order chi connectivity index (χ0) is 11.6. The van der Waals surface area contributed by atoms with Gasteiger partial charge in [-0.1, -0.05) is 0 Å². The fourth-order valence-corrected chi connectivity index (χ4v) is 1.61. The summed E-state index contributed by atoms with van der Waals surface area (Å²) in [7, 11) is 0. The predicted octanol–water partition coefficient (Wildman–Crippen LogP) is 0.459. The summed E-state index contributed by atoms with van der Waals surface area (Å²) in [6.07, 6.45) is 3.77. The first-order valence-electron chi connectivity index (χ1n) is 5.99. The van der Waals surface area contributed by atoms with Crippen LogP contribution in [0.25, 0.3) is 0 Å². The summed E-state index contributed by atoms with van der Waals surface area (Å²) in [6.45, 7) is 3.27. The number of nitrogens with one attached hydrogen (secondary N) is 1. The molecule has 0 aliphatic carbocycles. The van der Waals surface area contributed by atoms with Gasteiger partial charge in [-0.15, -0.1) is 12.4 Å². The Balaban J connectivity index is 0.00000256. The van der Waals surface area contributed by atoms with Gasteiger partial charge in [0.25, 0.3) is 0 Å². The number of ether oxygens (including phenoxy) is 2.